The molecule has 8 heteroatoms. The standard InChI is InChI=1S/C16H20N4O4/c1-22-11-4-2-3-10(5-11)6-18-13-12-7-23-16(24-12)14(15(13)21)20-9-17-8-19-20/h2-5,8-9,12-16,18,21H,6-7H2,1H3. The summed E-state index contributed by atoms with van der Waals surface area (Å²) in [4.78, 5) is 3.95. The molecule has 2 aliphatic heterocycles. The molecule has 1 aromatic heterocycles. The number of methoxy groups -OCH3 is 1. The van der Waals surface area contributed by atoms with E-state index >= 15 is 0 Å². The number of aliphatic hydroxyl groups excluding tert-OH is 1. The molecule has 24 heavy (non-hydrogen) atoms. The van der Waals surface area contributed by atoms with Gasteiger partial charge in [0.1, 0.15) is 30.5 Å². The van der Waals surface area contributed by atoms with Crippen molar-refractivity contribution >= 4 is 0 Å². The number of aliphatic hydroxyl groups is 1. The zero-order valence-electron chi connectivity index (χ0n) is 13.3. The van der Waals surface area contributed by atoms with E-state index in [4.69, 9.17) is 14.2 Å². The van der Waals surface area contributed by atoms with E-state index in [2.05, 4.69) is 15.4 Å². The van der Waals surface area contributed by atoms with Crippen LogP contribution < -0.4 is 10.1 Å². The van der Waals surface area contributed by atoms with Gasteiger partial charge in [0, 0.05) is 6.54 Å². The fourth-order valence-electron chi connectivity index (χ4n) is 3.32. The quantitative estimate of drug-likeness (QED) is 0.802. The van der Waals surface area contributed by atoms with Gasteiger partial charge in [0.05, 0.1) is 25.9 Å². The molecule has 8 nitrogen and oxygen atoms in total. The van der Waals surface area contributed by atoms with Crippen molar-refractivity contribution in [2.45, 2.75) is 37.1 Å². The Balaban J connectivity index is 1.49. The molecule has 2 fully saturated rings. The van der Waals surface area contributed by atoms with Crippen molar-refractivity contribution in [2.24, 2.45) is 0 Å². The van der Waals surface area contributed by atoms with Crippen LogP contribution in [0.3, 0.4) is 0 Å². The van der Waals surface area contributed by atoms with Crippen LogP contribution in [0.25, 0.3) is 0 Å². The van der Waals surface area contributed by atoms with Gasteiger partial charge in [-0.05, 0) is 17.7 Å². The Kier molecular flexibility index (Phi) is 4.19. The average Bonchev–Trinajstić information content (AvgIpc) is 3.27. The molecule has 2 saturated heterocycles. The Morgan fingerprint density at radius 2 is 2.38 bits per heavy atom. The van der Waals surface area contributed by atoms with Gasteiger partial charge in [-0.15, -0.1) is 0 Å². The second kappa shape index (κ2) is 6.48. The third-order valence-corrected chi connectivity index (χ3v) is 4.55. The molecule has 0 radical (unpaired) electrons. The first-order chi connectivity index (χ1) is 11.8. The van der Waals surface area contributed by atoms with Crippen molar-refractivity contribution in [3.05, 3.63) is 42.5 Å². The lowest BCUT2D eigenvalue weighted by molar-refractivity contribution is -0.168. The van der Waals surface area contributed by atoms with Crippen molar-refractivity contribution in [1.29, 1.82) is 0 Å². The molecule has 3 heterocycles. The highest BCUT2D eigenvalue weighted by Crippen LogP contribution is 2.35. The van der Waals surface area contributed by atoms with E-state index in [1.165, 1.54) is 6.33 Å². The number of aromatic nitrogens is 3. The lowest BCUT2D eigenvalue weighted by atomic mass is 9.96. The van der Waals surface area contributed by atoms with Crippen LogP contribution in [0.2, 0.25) is 0 Å². The van der Waals surface area contributed by atoms with Gasteiger partial charge < -0.3 is 24.6 Å². The minimum atomic E-state index is -0.691. The predicted octanol–water partition coefficient (Wildman–Crippen LogP) is 0.102. The van der Waals surface area contributed by atoms with Crippen molar-refractivity contribution in [1.82, 2.24) is 20.1 Å². The number of benzene rings is 1. The third kappa shape index (κ3) is 2.78. The summed E-state index contributed by atoms with van der Waals surface area (Å²) in [5, 5.41) is 18.3. The van der Waals surface area contributed by atoms with Gasteiger partial charge in [-0.25, -0.2) is 9.67 Å². The SMILES string of the molecule is COc1cccc(CNC2C3COC(O3)C(n3cncn3)C2O)c1. The molecule has 0 aliphatic carbocycles. The zero-order valence-corrected chi connectivity index (χ0v) is 13.3. The molecule has 5 unspecified atom stereocenters. The maximum atomic E-state index is 10.8. The highest BCUT2D eigenvalue weighted by atomic mass is 16.7. The van der Waals surface area contributed by atoms with Crippen LogP contribution in [-0.4, -0.2) is 58.1 Å². The maximum Gasteiger partial charge on any atom is 0.183 e. The lowest BCUT2D eigenvalue weighted by Gasteiger charge is -2.38. The van der Waals surface area contributed by atoms with Gasteiger partial charge in [0.15, 0.2) is 6.29 Å². The summed E-state index contributed by atoms with van der Waals surface area (Å²) in [7, 11) is 1.64. The number of hydrogen-bond acceptors (Lipinski definition) is 7. The Labute approximate surface area is 139 Å². The molecule has 4 rings (SSSR count). The minimum Gasteiger partial charge on any atom is -0.497 e. The summed E-state index contributed by atoms with van der Waals surface area (Å²) in [5.74, 6) is 0.805. The highest BCUT2D eigenvalue weighted by molar-refractivity contribution is 5.28. The Morgan fingerprint density at radius 1 is 1.46 bits per heavy atom. The number of fused-ring (bicyclic) bond motifs is 2. The van der Waals surface area contributed by atoms with Crippen LogP contribution in [-0.2, 0) is 16.0 Å². The Bertz CT molecular complexity index is 680. The molecular weight excluding hydrogens is 312 g/mol. The van der Waals surface area contributed by atoms with Gasteiger partial charge in [-0.3, -0.25) is 0 Å². The largest absolute Gasteiger partial charge is 0.497 e. The lowest BCUT2D eigenvalue weighted by Crippen LogP contribution is -2.57. The van der Waals surface area contributed by atoms with Crippen LogP contribution in [0, 0.1) is 0 Å². The molecule has 2 bridgehead atoms. The summed E-state index contributed by atoms with van der Waals surface area (Å²) < 4.78 is 18.4. The summed E-state index contributed by atoms with van der Waals surface area (Å²) in [6.45, 7) is 1.04. The summed E-state index contributed by atoms with van der Waals surface area (Å²) in [6, 6.07) is 7.13. The summed E-state index contributed by atoms with van der Waals surface area (Å²) >= 11 is 0. The van der Waals surface area contributed by atoms with Crippen molar-refractivity contribution < 1.29 is 19.3 Å². The fourth-order valence-corrected chi connectivity index (χ4v) is 3.32. The molecule has 0 saturated carbocycles. The van der Waals surface area contributed by atoms with Crippen molar-refractivity contribution in [2.75, 3.05) is 13.7 Å². The molecule has 1 aromatic carbocycles. The van der Waals surface area contributed by atoms with E-state index in [1.54, 1.807) is 18.1 Å². The fraction of sp³-hybridized carbons (Fsp3) is 0.500. The topological polar surface area (TPSA) is 90.7 Å². The number of ether oxygens (including phenoxy) is 3. The first kappa shape index (κ1) is 15.5. The molecule has 0 amide bonds. The Morgan fingerprint density at radius 3 is 3.17 bits per heavy atom. The van der Waals surface area contributed by atoms with Gasteiger partial charge in [-0.1, -0.05) is 12.1 Å². The second-order valence-corrected chi connectivity index (χ2v) is 5.99. The summed E-state index contributed by atoms with van der Waals surface area (Å²) in [6.07, 6.45) is 1.63. The molecule has 5 atom stereocenters. The minimum absolute atomic E-state index is 0.185. The number of nitrogens with zero attached hydrogens (tertiary/aromatic N) is 3. The third-order valence-electron chi connectivity index (χ3n) is 4.55. The van der Waals surface area contributed by atoms with Gasteiger partial charge >= 0.3 is 0 Å². The van der Waals surface area contributed by atoms with E-state index in [0.29, 0.717) is 13.2 Å². The molecular formula is C16H20N4O4. The van der Waals surface area contributed by atoms with E-state index < -0.39 is 18.4 Å². The first-order valence-corrected chi connectivity index (χ1v) is 7.92. The van der Waals surface area contributed by atoms with E-state index in [9.17, 15) is 5.11 Å². The molecule has 0 spiro atoms. The predicted molar refractivity (Wildman–Crippen MR) is 83.3 cm³/mol. The smallest absolute Gasteiger partial charge is 0.183 e. The van der Waals surface area contributed by atoms with Crippen LogP contribution >= 0.6 is 0 Å². The van der Waals surface area contributed by atoms with Gasteiger partial charge in [-0.2, -0.15) is 5.10 Å². The molecule has 2 N–H and O–H groups in total. The zero-order chi connectivity index (χ0) is 16.5. The maximum absolute atomic E-state index is 10.8. The van der Waals surface area contributed by atoms with Gasteiger partial charge in [0.2, 0.25) is 0 Å². The van der Waals surface area contributed by atoms with Crippen molar-refractivity contribution in [3.8, 4) is 5.75 Å². The van der Waals surface area contributed by atoms with Crippen LogP contribution in [0.15, 0.2) is 36.9 Å². The number of rotatable bonds is 5. The normalized spacial score (nSPS) is 32.0. The first-order valence-electron chi connectivity index (χ1n) is 7.92. The van der Waals surface area contributed by atoms with Crippen LogP contribution in [0.4, 0.5) is 0 Å². The highest BCUT2D eigenvalue weighted by Gasteiger charge is 2.51. The summed E-state index contributed by atoms with van der Waals surface area (Å²) in [5.41, 5.74) is 1.07. The van der Waals surface area contributed by atoms with Crippen LogP contribution in [0.1, 0.15) is 11.6 Å². The average molecular weight is 332 g/mol. The second-order valence-electron chi connectivity index (χ2n) is 5.99. The van der Waals surface area contributed by atoms with Crippen LogP contribution in [0.5, 0.6) is 5.75 Å². The van der Waals surface area contributed by atoms with Gasteiger partial charge in [0.25, 0.3) is 0 Å². The Hall–Kier alpha value is -2.00. The number of hydrogen-bond donors (Lipinski definition) is 2. The van der Waals surface area contributed by atoms with E-state index in [0.717, 1.165) is 11.3 Å². The number of nitrogens with one attached hydrogen (secondary N) is 1. The molecule has 2 aliphatic rings. The van der Waals surface area contributed by atoms with Crippen molar-refractivity contribution in [3.63, 3.8) is 0 Å². The van der Waals surface area contributed by atoms with E-state index in [1.807, 2.05) is 24.3 Å². The molecule has 2 aromatic rings. The monoisotopic (exact) mass is 332 g/mol. The molecule has 128 valence electrons. The van der Waals surface area contributed by atoms with E-state index in [-0.39, 0.29) is 12.1 Å².